The number of carbonyl (C=O) groups is 2. The molecule has 0 fully saturated rings. The van der Waals surface area contributed by atoms with Crippen molar-refractivity contribution < 1.29 is 9.59 Å². The van der Waals surface area contributed by atoms with E-state index in [1.165, 1.54) is 22.3 Å². The average Bonchev–Trinajstić information content (AvgIpc) is 3.20. The van der Waals surface area contributed by atoms with E-state index in [0.29, 0.717) is 28.9 Å². The van der Waals surface area contributed by atoms with Crippen LogP contribution in [0.3, 0.4) is 0 Å². The van der Waals surface area contributed by atoms with Crippen LogP contribution >= 0.6 is 0 Å². The lowest BCUT2D eigenvalue weighted by Crippen LogP contribution is -2.13. The molecule has 0 aliphatic rings. The molecule has 0 aliphatic carbocycles. The third-order valence-electron chi connectivity index (χ3n) is 10.4. The minimum atomic E-state index is -0.185. The summed E-state index contributed by atoms with van der Waals surface area (Å²) in [5, 5.41) is 7.81. The second-order valence-corrected chi connectivity index (χ2v) is 14.2. The van der Waals surface area contributed by atoms with Crippen molar-refractivity contribution in [2.75, 3.05) is 10.6 Å². The van der Waals surface area contributed by atoms with Crippen molar-refractivity contribution in [3.05, 3.63) is 190 Å². The van der Waals surface area contributed by atoms with Gasteiger partial charge < -0.3 is 10.6 Å². The van der Waals surface area contributed by atoms with Crippen molar-refractivity contribution >= 4 is 45.0 Å². The fraction of sp³-hybridized carbons (Fsp3) is 0.102. The number of aromatic nitrogens is 2. The van der Waals surface area contributed by atoms with Crippen LogP contribution in [0.25, 0.3) is 44.3 Å². The summed E-state index contributed by atoms with van der Waals surface area (Å²) in [4.78, 5) is 37.2. The minimum absolute atomic E-state index is 0.185. The molecule has 55 heavy (non-hydrogen) atoms. The van der Waals surface area contributed by atoms with Crippen LogP contribution in [0.4, 0.5) is 11.4 Å². The van der Waals surface area contributed by atoms with Crippen LogP contribution in [0, 0.1) is 27.7 Å². The van der Waals surface area contributed by atoms with Gasteiger partial charge in [0.1, 0.15) is 0 Å². The Hall–Kier alpha value is -6.92. The number of nitrogens with one attached hydrogen (secondary N) is 2. The molecule has 2 aromatic heterocycles. The van der Waals surface area contributed by atoms with E-state index >= 15 is 0 Å². The van der Waals surface area contributed by atoms with Crippen molar-refractivity contribution in [2.45, 2.75) is 34.1 Å². The molecule has 2 N–H and O–H groups in total. The largest absolute Gasteiger partial charge is 0.322 e. The molecular weight excluding hydrogens is 677 g/mol. The van der Waals surface area contributed by atoms with E-state index < -0.39 is 0 Å². The molecule has 0 spiro atoms. The lowest BCUT2D eigenvalue weighted by atomic mass is 10.0. The summed E-state index contributed by atoms with van der Waals surface area (Å²) in [5.41, 5.74) is 14.6. The van der Waals surface area contributed by atoms with Crippen LogP contribution in [0.15, 0.2) is 146 Å². The summed E-state index contributed by atoms with van der Waals surface area (Å²) in [5.74, 6) is -0.370. The Kier molecular flexibility index (Phi) is 9.48. The van der Waals surface area contributed by atoms with Gasteiger partial charge in [-0.05, 0) is 128 Å². The Morgan fingerprint density at radius 1 is 0.455 bits per heavy atom. The molecule has 8 rings (SSSR count). The predicted molar refractivity (Wildman–Crippen MR) is 225 cm³/mol. The quantitative estimate of drug-likeness (QED) is 0.164. The molecule has 0 radical (unpaired) electrons. The van der Waals surface area contributed by atoms with Gasteiger partial charge in [0.05, 0.1) is 33.5 Å². The van der Waals surface area contributed by atoms with Crippen molar-refractivity contribution in [3.63, 3.8) is 0 Å². The first-order valence-electron chi connectivity index (χ1n) is 18.4. The van der Waals surface area contributed by atoms with Gasteiger partial charge in [-0.15, -0.1) is 0 Å². The van der Waals surface area contributed by atoms with Crippen LogP contribution in [-0.2, 0) is 6.42 Å². The number of aryl methyl sites for hydroxylation is 4. The van der Waals surface area contributed by atoms with Crippen LogP contribution < -0.4 is 10.6 Å². The smallest absolute Gasteiger partial charge is 0.256 e. The van der Waals surface area contributed by atoms with Gasteiger partial charge in [0.15, 0.2) is 0 Å². The molecule has 6 aromatic carbocycles. The number of para-hydroxylation sites is 2. The van der Waals surface area contributed by atoms with E-state index in [4.69, 9.17) is 9.97 Å². The van der Waals surface area contributed by atoms with E-state index in [0.717, 1.165) is 55.4 Å². The lowest BCUT2D eigenvalue weighted by molar-refractivity contribution is 0.102. The highest BCUT2D eigenvalue weighted by Gasteiger charge is 2.17. The highest BCUT2D eigenvalue weighted by Crippen LogP contribution is 2.29. The summed E-state index contributed by atoms with van der Waals surface area (Å²) in [6.07, 6.45) is 0.699. The molecule has 0 aliphatic heterocycles. The van der Waals surface area contributed by atoms with E-state index in [1.807, 2.05) is 109 Å². The lowest BCUT2D eigenvalue weighted by Gasteiger charge is -2.12. The van der Waals surface area contributed by atoms with Crippen molar-refractivity contribution in [1.29, 1.82) is 0 Å². The number of hydrogen-bond acceptors (Lipinski definition) is 4. The summed E-state index contributed by atoms with van der Waals surface area (Å²) in [6, 6.07) is 47.6. The number of pyridine rings is 2. The van der Waals surface area contributed by atoms with Gasteiger partial charge in [-0.2, -0.15) is 0 Å². The first-order valence-corrected chi connectivity index (χ1v) is 18.4. The van der Waals surface area contributed by atoms with Crippen molar-refractivity contribution in [3.8, 4) is 22.5 Å². The second-order valence-electron chi connectivity index (χ2n) is 14.2. The zero-order chi connectivity index (χ0) is 38.1. The second kappa shape index (κ2) is 14.8. The van der Waals surface area contributed by atoms with Crippen LogP contribution in [0.5, 0.6) is 0 Å². The Morgan fingerprint density at radius 3 is 1.25 bits per heavy atom. The highest BCUT2D eigenvalue weighted by atomic mass is 16.2. The molecule has 0 saturated heterocycles. The molecule has 0 saturated carbocycles. The molecule has 8 aromatic rings. The van der Waals surface area contributed by atoms with Gasteiger partial charge in [-0.3, -0.25) is 9.59 Å². The molecule has 6 nitrogen and oxygen atoms in total. The number of rotatable bonds is 8. The summed E-state index contributed by atoms with van der Waals surface area (Å²) >= 11 is 0. The molecule has 0 atom stereocenters. The standard InChI is InChI=1S/C49H40N4O2/c1-30-13-19-36(25-32(30)3)46-28-42(40-9-5-7-11-44(40)52-46)48(54)50-38-21-15-34(16-22-38)27-35-17-23-39(24-18-35)51-49(55)43-29-47(37-20-14-31(2)33(4)26-37)53-45-12-8-6-10-41(43)45/h5-26,28-29H,27H2,1-4H3,(H,50,54)(H,51,55). The fourth-order valence-electron chi connectivity index (χ4n) is 6.87. The summed E-state index contributed by atoms with van der Waals surface area (Å²) in [6.45, 7) is 8.34. The Morgan fingerprint density at radius 2 is 0.855 bits per heavy atom. The van der Waals surface area contributed by atoms with Gasteiger partial charge >= 0.3 is 0 Å². The van der Waals surface area contributed by atoms with E-state index in [1.54, 1.807) is 0 Å². The van der Waals surface area contributed by atoms with Crippen molar-refractivity contribution in [1.82, 2.24) is 9.97 Å². The third-order valence-corrected chi connectivity index (χ3v) is 10.4. The van der Waals surface area contributed by atoms with E-state index in [-0.39, 0.29) is 11.8 Å². The monoisotopic (exact) mass is 716 g/mol. The molecule has 0 bridgehead atoms. The number of amides is 2. The van der Waals surface area contributed by atoms with Gasteiger partial charge in [-0.1, -0.05) is 84.9 Å². The van der Waals surface area contributed by atoms with Gasteiger partial charge in [-0.25, -0.2) is 9.97 Å². The zero-order valence-electron chi connectivity index (χ0n) is 31.3. The Balaban J connectivity index is 0.952. The molecular formula is C49H40N4O2. The minimum Gasteiger partial charge on any atom is -0.322 e. The van der Waals surface area contributed by atoms with Gasteiger partial charge in [0.25, 0.3) is 11.8 Å². The summed E-state index contributed by atoms with van der Waals surface area (Å²) < 4.78 is 0. The molecule has 2 amide bonds. The van der Waals surface area contributed by atoms with Gasteiger partial charge in [0.2, 0.25) is 0 Å². The Labute approximate surface area is 320 Å². The first-order chi connectivity index (χ1) is 26.7. The SMILES string of the molecule is Cc1ccc(-c2cc(C(=O)Nc3ccc(Cc4ccc(NC(=O)c5cc(-c6ccc(C)c(C)c6)nc6ccccc56)cc4)cc3)c3ccccc3n2)cc1C. The maximum absolute atomic E-state index is 13.7. The zero-order valence-corrected chi connectivity index (χ0v) is 31.3. The number of fused-ring (bicyclic) bond motifs is 2. The number of hydrogen-bond donors (Lipinski definition) is 2. The summed E-state index contributed by atoms with van der Waals surface area (Å²) in [7, 11) is 0. The Bertz CT molecular complexity index is 2560. The number of anilines is 2. The van der Waals surface area contributed by atoms with E-state index in [2.05, 4.69) is 74.7 Å². The molecule has 6 heteroatoms. The van der Waals surface area contributed by atoms with Crippen LogP contribution in [0.1, 0.15) is 54.1 Å². The van der Waals surface area contributed by atoms with Crippen LogP contribution in [0.2, 0.25) is 0 Å². The van der Waals surface area contributed by atoms with Crippen LogP contribution in [-0.4, -0.2) is 21.8 Å². The topological polar surface area (TPSA) is 84.0 Å². The fourth-order valence-corrected chi connectivity index (χ4v) is 6.87. The number of carbonyl (C=O) groups excluding carboxylic acids is 2. The first kappa shape index (κ1) is 35.1. The number of nitrogens with zero attached hydrogens (tertiary/aromatic N) is 2. The normalized spacial score (nSPS) is 11.1. The molecule has 0 unspecified atom stereocenters. The highest BCUT2D eigenvalue weighted by molar-refractivity contribution is 6.14. The van der Waals surface area contributed by atoms with E-state index in [9.17, 15) is 9.59 Å². The third kappa shape index (κ3) is 7.48. The number of benzene rings is 6. The molecule has 2 heterocycles. The average molecular weight is 717 g/mol. The molecule has 268 valence electrons. The maximum atomic E-state index is 13.7. The predicted octanol–water partition coefficient (Wildman–Crippen LogP) is 11.4. The maximum Gasteiger partial charge on any atom is 0.256 e. The van der Waals surface area contributed by atoms with Crippen molar-refractivity contribution in [2.24, 2.45) is 0 Å². The van der Waals surface area contributed by atoms with Gasteiger partial charge in [0, 0.05) is 33.3 Å².